The summed E-state index contributed by atoms with van der Waals surface area (Å²) in [5, 5.41) is 0. The average Bonchev–Trinajstić information content (AvgIpc) is 2.47. The lowest BCUT2D eigenvalue weighted by atomic mass is 10.1. The molecule has 1 aromatic rings. The molecule has 2 N–H and O–H groups in total. The number of nitrogens with zero attached hydrogens (tertiary/aromatic N) is 2. The minimum absolute atomic E-state index is 0.0143. The molecule has 0 aliphatic carbocycles. The second kappa shape index (κ2) is 8.85. The third-order valence-electron chi connectivity index (χ3n) is 3.09. The van der Waals surface area contributed by atoms with Crippen molar-refractivity contribution in [1.29, 1.82) is 0 Å². The zero-order valence-corrected chi connectivity index (χ0v) is 12.1. The lowest BCUT2D eigenvalue weighted by molar-refractivity contribution is 0.190. The van der Waals surface area contributed by atoms with Gasteiger partial charge in [-0.1, -0.05) is 6.92 Å². The molecular weight excluding hydrogens is 242 g/mol. The number of rotatable bonds is 9. The molecule has 0 unspecified atom stereocenters. The number of nitrogens with two attached hydrogens (primary N) is 1. The van der Waals surface area contributed by atoms with E-state index in [4.69, 9.17) is 15.2 Å². The van der Waals surface area contributed by atoms with Gasteiger partial charge in [-0.3, -0.25) is 4.98 Å². The highest BCUT2D eigenvalue weighted by atomic mass is 16.5. The van der Waals surface area contributed by atoms with Crippen molar-refractivity contribution in [2.45, 2.75) is 19.4 Å². The van der Waals surface area contributed by atoms with E-state index in [1.165, 1.54) is 0 Å². The number of aromatic nitrogens is 1. The van der Waals surface area contributed by atoms with Crippen LogP contribution in [0.4, 0.5) is 5.69 Å². The minimum atomic E-state index is 0.0143. The molecule has 0 saturated carbocycles. The van der Waals surface area contributed by atoms with Gasteiger partial charge in [0.1, 0.15) is 0 Å². The Morgan fingerprint density at radius 1 is 1.21 bits per heavy atom. The largest absolute Gasteiger partial charge is 0.383 e. The molecule has 5 heteroatoms. The molecule has 0 aliphatic heterocycles. The van der Waals surface area contributed by atoms with Gasteiger partial charge in [-0.2, -0.15) is 0 Å². The van der Waals surface area contributed by atoms with Gasteiger partial charge in [-0.25, -0.2) is 0 Å². The van der Waals surface area contributed by atoms with Gasteiger partial charge in [-0.05, 0) is 18.6 Å². The minimum Gasteiger partial charge on any atom is -0.383 e. The van der Waals surface area contributed by atoms with Crippen molar-refractivity contribution in [2.24, 2.45) is 5.73 Å². The molecule has 0 amide bonds. The standard InChI is InChI=1S/C14H25N3O2/c1-4-13(15)14-6-5-12(11-16-14)17(7-9-18-2)8-10-19-3/h5-6,11,13H,4,7-10,15H2,1-3H3/t13-/m0/s1. The fourth-order valence-corrected chi connectivity index (χ4v) is 1.79. The van der Waals surface area contributed by atoms with E-state index in [0.717, 1.165) is 30.9 Å². The summed E-state index contributed by atoms with van der Waals surface area (Å²) in [6, 6.07) is 4.07. The maximum atomic E-state index is 5.96. The summed E-state index contributed by atoms with van der Waals surface area (Å²) in [5.74, 6) is 0. The van der Waals surface area contributed by atoms with Crippen LogP contribution in [0.25, 0.3) is 0 Å². The Morgan fingerprint density at radius 2 is 1.84 bits per heavy atom. The van der Waals surface area contributed by atoms with E-state index in [2.05, 4.69) is 22.9 Å². The average molecular weight is 267 g/mol. The molecule has 19 heavy (non-hydrogen) atoms. The smallest absolute Gasteiger partial charge is 0.0637 e. The number of methoxy groups -OCH3 is 2. The summed E-state index contributed by atoms with van der Waals surface area (Å²) in [6.07, 6.45) is 2.76. The monoisotopic (exact) mass is 267 g/mol. The Labute approximate surface area is 115 Å². The molecule has 1 aromatic heterocycles. The first-order valence-electron chi connectivity index (χ1n) is 6.67. The van der Waals surface area contributed by atoms with Crippen LogP contribution in [-0.4, -0.2) is 45.5 Å². The van der Waals surface area contributed by atoms with E-state index in [1.54, 1.807) is 14.2 Å². The predicted octanol–water partition coefficient (Wildman–Crippen LogP) is 1.59. The normalized spacial score (nSPS) is 12.4. The van der Waals surface area contributed by atoms with Gasteiger partial charge in [0.25, 0.3) is 0 Å². The highest BCUT2D eigenvalue weighted by Crippen LogP contribution is 2.16. The number of anilines is 1. The lowest BCUT2D eigenvalue weighted by Gasteiger charge is -2.24. The molecule has 0 bridgehead atoms. The van der Waals surface area contributed by atoms with Crippen LogP contribution in [0, 0.1) is 0 Å². The van der Waals surface area contributed by atoms with Crippen LogP contribution < -0.4 is 10.6 Å². The Kier molecular flexibility index (Phi) is 7.40. The highest BCUT2D eigenvalue weighted by Gasteiger charge is 2.09. The molecule has 1 heterocycles. The maximum absolute atomic E-state index is 5.96. The first kappa shape index (κ1) is 15.9. The lowest BCUT2D eigenvalue weighted by Crippen LogP contribution is -2.30. The fraction of sp³-hybridized carbons (Fsp3) is 0.643. The maximum Gasteiger partial charge on any atom is 0.0637 e. The van der Waals surface area contributed by atoms with E-state index in [9.17, 15) is 0 Å². The summed E-state index contributed by atoms with van der Waals surface area (Å²) < 4.78 is 10.3. The van der Waals surface area contributed by atoms with Crippen LogP contribution in [0.5, 0.6) is 0 Å². The quantitative estimate of drug-likeness (QED) is 0.736. The fourth-order valence-electron chi connectivity index (χ4n) is 1.79. The first-order chi connectivity index (χ1) is 9.22. The van der Waals surface area contributed by atoms with Gasteiger partial charge in [-0.15, -0.1) is 0 Å². The highest BCUT2D eigenvalue weighted by molar-refractivity contribution is 5.44. The van der Waals surface area contributed by atoms with Crippen molar-refractivity contribution in [3.05, 3.63) is 24.0 Å². The summed E-state index contributed by atoms with van der Waals surface area (Å²) in [7, 11) is 3.41. The SMILES string of the molecule is CC[C@H](N)c1ccc(N(CCOC)CCOC)cn1. The van der Waals surface area contributed by atoms with Crippen LogP contribution in [-0.2, 0) is 9.47 Å². The molecule has 1 rings (SSSR count). The first-order valence-corrected chi connectivity index (χ1v) is 6.67. The second-order valence-corrected chi connectivity index (χ2v) is 4.43. The molecule has 0 saturated heterocycles. The van der Waals surface area contributed by atoms with E-state index in [0.29, 0.717) is 13.2 Å². The molecule has 0 aromatic carbocycles. The number of pyridine rings is 1. The van der Waals surface area contributed by atoms with Gasteiger partial charge in [0.15, 0.2) is 0 Å². The van der Waals surface area contributed by atoms with Crippen LogP contribution in [0.2, 0.25) is 0 Å². The van der Waals surface area contributed by atoms with Crippen LogP contribution >= 0.6 is 0 Å². The molecule has 1 atom stereocenters. The number of hydrogen-bond donors (Lipinski definition) is 1. The summed E-state index contributed by atoms with van der Waals surface area (Å²) in [4.78, 5) is 6.63. The zero-order chi connectivity index (χ0) is 14.1. The van der Waals surface area contributed by atoms with E-state index in [-0.39, 0.29) is 6.04 Å². The van der Waals surface area contributed by atoms with Gasteiger partial charge >= 0.3 is 0 Å². The summed E-state index contributed by atoms with van der Waals surface area (Å²) >= 11 is 0. The third kappa shape index (κ3) is 5.14. The van der Waals surface area contributed by atoms with Gasteiger partial charge in [0.05, 0.1) is 30.8 Å². The number of ether oxygens (including phenoxy) is 2. The Bertz CT molecular complexity index is 335. The second-order valence-electron chi connectivity index (χ2n) is 4.43. The predicted molar refractivity (Wildman–Crippen MR) is 77.4 cm³/mol. The zero-order valence-electron chi connectivity index (χ0n) is 12.1. The van der Waals surface area contributed by atoms with Crippen molar-refractivity contribution in [1.82, 2.24) is 4.98 Å². The van der Waals surface area contributed by atoms with Gasteiger partial charge in [0.2, 0.25) is 0 Å². The van der Waals surface area contributed by atoms with Crippen LogP contribution in [0.15, 0.2) is 18.3 Å². The van der Waals surface area contributed by atoms with Crippen molar-refractivity contribution in [3.8, 4) is 0 Å². The summed E-state index contributed by atoms with van der Waals surface area (Å²) in [6.45, 7) is 5.06. The Hall–Kier alpha value is -1.17. The van der Waals surface area contributed by atoms with E-state index in [1.807, 2.05) is 12.3 Å². The molecule has 0 spiro atoms. The van der Waals surface area contributed by atoms with E-state index >= 15 is 0 Å². The Morgan fingerprint density at radius 3 is 2.26 bits per heavy atom. The van der Waals surface area contributed by atoms with Crippen molar-refractivity contribution in [2.75, 3.05) is 45.4 Å². The van der Waals surface area contributed by atoms with Gasteiger partial charge in [0, 0.05) is 33.4 Å². The Balaban J connectivity index is 2.71. The number of hydrogen-bond acceptors (Lipinski definition) is 5. The van der Waals surface area contributed by atoms with Gasteiger partial charge < -0.3 is 20.1 Å². The van der Waals surface area contributed by atoms with Crippen molar-refractivity contribution in [3.63, 3.8) is 0 Å². The molecule has 0 radical (unpaired) electrons. The molecule has 108 valence electrons. The molecule has 5 nitrogen and oxygen atoms in total. The van der Waals surface area contributed by atoms with E-state index < -0.39 is 0 Å². The summed E-state index contributed by atoms with van der Waals surface area (Å²) in [5.41, 5.74) is 7.97. The third-order valence-corrected chi connectivity index (χ3v) is 3.09. The molecular formula is C14H25N3O2. The van der Waals surface area contributed by atoms with Crippen LogP contribution in [0.1, 0.15) is 25.1 Å². The van der Waals surface area contributed by atoms with Crippen LogP contribution in [0.3, 0.4) is 0 Å². The molecule has 0 fully saturated rings. The molecule has 0 aliphatic rings. The topological polar surface area (TPSA) is 60.6 Å². The van der Waals surface area contributed by atoms with Crippen molar-refractivity contribution >= 4 is 5.69 Å². The van der Waals surface area contributed by atoms with Crippen molar-refractivity contribution < 1.29 is 9.47 Å².